The van der Waals surface area contributed by atoms with Crippen molar-refractivity contribution in [2.24, 2.45) is 5.10 Å². The number of amides is 1. The van der Waals surface area contributed by atoms with Gasteiger partial charge in [-0.1, -0.05) is 0 Å². The highest BCUT2D eigenvalue weighted by Crippen LogP contribution is 2.31. The summed E-state index contributed by atoms with van der Waals surface area (Å²) in [6.07, 6.45) is 1.46. The van der Waals surface area contributed by atoms with Gasteiger partial charge < -0.3 is 9.47 Å². The summed E-state index contributed by atoms with van der Waals surface area (Å²) in [4.78, 5) is 21.9. The Kier molecular flexibility index (Phi) is 3.88. The zero-order valence-corrected chi connectivity index (χ0v) is 11.8. The minimum absolute atomic E-state index is 0.0783. The smallest absolute Gasteiger partial charge is 0.271 e. The Labute approximate surface area is 130 Å². The molecule has 23 heavy (non-hydrogen) atoms. The van der Waals surface area contributed by atoms with Crippen molar-refractivity contribution in [3.8, 4) is 11.5 Å². The van der Waals surface area contributed by atoms with Gasteiger partial charge in [-0.25, -0.2) is 5.43 Å². The average molecular weight is 313 g/mol. The lowest BCUT2D eigenvalue weighted by Crippen LogP contribution is -2.17. The van der Waals surface area contributed by atoms with Crippen molar-refractivity contribution in [1.29, 1.82) is 0 Å². The largest absolute Gasteiger partial charge is 0.454 e. The van der Waals surface area contributed by atoms with E-state index < -0.39 is 10.8 Å². The minimum atomic E-state index is -0.528. The molecule has 1 heterocycles. The predicted molar refractivity (Wildman–Crippen MR) is 80.7 cm³/mol. The van der Waals surface area contributed by atoms with Crippen LogP contribution in [0.3, 0.4) is 0 Å². The first-order valence-corrected chi connectivity index (χ1v) is 6.61. The molecule has 2 aromatic carbocycles. The van der Waals surface area contributed by atoms with Gasteiger partial charge in [-0.05, 0) is 35.9 Å². The summed E-state index contributed by atoms with van der Waals surface area (Å²) < 4.78 is 10.4. The van der Waals surface area contributed by atoms with Crippen molar-refractivity contribution in [3.05, 3.63) is 63.7 Å². The monoisotopic (exact) mass is 313 g/mol. The van der Waals surface area contributed by atoms with E-state index >= 15 is 0 Å². The van der Waals surface area contributed by atoms with Gasteiger partial charge in [-0.15, -0.1) is 0 Å². The van der Waals surface area contributed by atoms with Crippen LogP contribution in [0.1, 0.15) is 15.9 Å². The number of non-ortho nitro benzene ring substituents is 1. The van der Waals surface area contributed by atoms with Crippen LogP contribution in [-0.4, -0.2) is 23.8 Å². The van der Waals surface area contributed by atoms with E-state index in [1.54, 1.807) is 18.2 Å². The molecule has 116 valence electrons. The second-order valence-electron chi connectivity index (χ2n) is 4.62. The summed E-state index contributed by atoms with van der Waals surface area (Å²) in [6.45, 7) is 0.187. The number of nitrogens with one attached hydrogen (secondary N) is 1. The number of hydrogen-bond acceptors (Lipinski definition) is 6. The number of nitro groups is 1. The molecule has 1 aliphatic heterocycles. The lowest BCUT2D eigenvalue weighted by molar-refractivity contribution is -0.384. The van der Waals surface area contributed by atoms with Crippen molar-refractivity contribution in [2.45, 2.75) is 0 Å². The normalized spacial score (nSPS) is 12.3. The summed E-state index contributed by atoms with van der Waals surface area (Å²) in [5, 5.41) is 14.4. The van der Waals surface area contributed by atoms with Crippen molar-refractivity contribution < 1.29 is 19.2 Å². The molecule has 0 unspecified atom stereocenters. The second-order valence-corrected chi connectivity index (χ2v) is 4.62. The first kappa shape index (κ1) is 14.5. The Morgan fingerprint density at radius 2 is 1.91 bits per heavy atom. The van der Waals surface area contributed by atoms with Crippen molar-refractivity contribution in [2.75, 3.05) is 6.79 Å². The van der Waals surface area contributed by atoms with Crippen LogP contribution in [0.4, 0.5) is 5.69 Å². The van der Waals surface area contributed by atoms with Gasteiger partial charge in [0.1, 0.15) is 0 Å². The SMILES string of the molecule is O=C(NN=Cc1ccc2c(c1)OCO2)c1ccc([N+](=O)[O-])cc1. The van der Waals surface area contributed by atoms with E-state index in [-0.39, 0.29) is 18.0 Å². The fourth-order valence-electron chi connectivity index (χ4n) is 1.96. The van der Waals surface area contributed by atoms with Gasteiger partial charge in [-0.2, -0.15) is 5.10 Å². The van der Waals surface area contributed by atoms with Gasteiger partial charge in [0.15, 0.2) is 11.5 Å². The van der Waals surface area contributed by atoms with Crippen molar-refractivity contribution in [3.63, 3.8) is 0 Å². The molecule has 0 saturated carbocycles. The van der Waals surface area contributed by atoms with Crippen LogP contribution in [-0.2, 0) is 0 Å². The zero-order valence-electron chi connectivity index (χ0n) is 11.8. The van der Waals surface area contributed by atoms with E-state index in [0.717, 1.165) is 5.56 Å². The van der Waals surface area contributed by atoms with Gasteiger partial charge in [-0.3, -0.25) is 14.9 Å². The Bertz CT molecular complexity index is 786. The number of nitro benzene ring substituents is 1. The van der Waals surface area contributed by atoms with Crippen LogP contribution in [0, 0.1) is 10.1 Å². The number of hydrogen-bond donors (Lipinski definition) is 1. The average Bonchev–Trinajstić information content (AvgIpc) is 3.02. The number of carbonyl (C=O) groups is 1. The molecule has 0 bridgehead atoms. The van der Waals surface area contributed by atoms with Gasteiger partial charge in [0, 0.05) is 17.7 Å². The lowest BCUT2D eigenvalue weighted by Gasteiger charge is -2.00. The molecule has 0 aliphatic carbocycles. The first-order chi connectivity index (χ1) is 11.1. The fraction of sp³-hybridized carbons (Fsp3) is 0.0667. The molecule has 1 N–H and O–H groups in total. The minimum Gasteiger partial charge on any atom is -0.454 e. The molecule has 0 radical (unpaired) electrons. The Morgan fingerprint density at radius 1 is 1.17 bits per heavy atom. The van der Waals surface area contributed by atoms with Crippen LogP contribution in [0.25, 0.3) is 0 Å². The highest BCUT2D eigenvalue weighted by Gasteiger charge is 2.12. The van der Waals surface area contributed by atoms with Crippen LogP contribution in [0.2, 0.25) is 0 Å². The summed E-state index contributed by atoms with van der Waals surface area (Å²) in [7, 11) is 0. The van der Waals surface area contributed by atoms with E-state index in [0.29, 0.717) is 11.5 Å². The summed E-state index contributed by atoms with van der Waals surface area (Å²) in [6, 6.07) is 10.5. The van der Waals surface area contributed by atoms with Crippen molar-refractivity contribution >= 4 is 17.8 Å². The fourth-order valence-corrected chi connectivity index (χ4v) is 1.96. The quantitative estimate of drug-likeness (QED) is 0.529. The van der Waals surface area contributed by atoms with E-state index in [9.17, 15) is 14.9 Å². The van der Waals surface area contributed by atoms with Gasteiger partial charge >= 0.3 is 0 Å². The first-order valence-electron chi connectivity index (χ1n) is 6.61. The van der Waals surface area contributed by atoms with Crippen LogP contribution < -0.4 is 14.9 Å². The van der Waals surface area contributed by atoms with Crippen LogP contribution >= 0.6 is 0 Å². The molecule has 3 rings (SSSR count). The molecule has 0 aromatic heterocycles. The highest BCUT2D eigenvalue weighted by atomic mass is 16.7. The maximum absolute atomic E-state index is 11.9. The highest BCUT2D eigenvalue weighted by molar-refractivity contribution is 5.95. The number of fused-ring (bicyclic) bond motifs is 1. The molecule has 1 aliphatic rings. The molecule has 0 fully saturated rings. The second kappa shape index (κ2) is 6.14. The number of nitrogens with zero attached hydrogens (tertiary/aromatic N) is 2. The molecule has 0 atom stereocenters. The Morgan fingerprint density at radius 3 is 2.65 bits per heavy atom. The third kappa shape index (κ3) is 3.26. The predicted octanol–water partition coefficient (Wildman–Crippen LogP) is 2.09. The summed E-state index contributed by atoms with van der Waals surface area (Å²) in [5.74, 6) is 0.824. The Balaban J connectivity index is 1.63. The molecule has 0 spiro atoms. The van der Waals surface area contributed by atoms with E-state index in [1.165, 1.54) is 30.5 Å². The topological polar surface area (TPSA) is 103 Å². The van der Waals surface area contributed by atoms with E-state index in [4.69, 9.17) is 9.47 Å². The molecule has 8 nitrogen and oxygen atoms in total. The maximum atomic E-state index is 11.9. The third-order valence-electron chi connectivity index (χ3n) is 3.12. The number of carbonyl (C=O) groups excluding carboxylic acids is 1. The third-order valence-corrected chi connectivity index (χ3v) is 3.12. The standard InChI is InChI=1S/C15H11N3O5/c19-15(11-2-4-12(5-3-11)18(20)21)17-16-8-10-1-6-13-14(7-10)23-9-22-13/h1-8H,9H2,(H,17,19). The summed E-state index contributed by atoms with van der Waals surface area (Å²) >= 11 is 0. The number of benzene rings is 2. The van der Waals surface area contributed by atoms with Gasteiger partial charge in [0.2, 0.25) is 6.79 Å². The van der Waals surface area contributed by atoms with Gasteiger partial charge in [0.25, 0.3) is 11.6 Å². The van der Waals surface area contributed by atoms with Crippen LogP contribution in [0.15, 0.2) is 47.6 Å². The molecular formula is C15H11N3O5. The molecular weight excluding hydrogens is 302 g/mol. The Hall–Kier alpha value is -3.42. The van der Waals surface area contributed by atoms with Gasteiger partial charge in [0.05, 0.1) is 11.1 Å². The van der Waals surface area contributed by atoms with E-state index in [2.05, 4.69) is 10.5 Å². The number of hydrazone groups is 1. The molecule has 2 aromatic rings. The van der Waals surface area contributed by atoms with Crippen LogP contribution in [0.5, 0.6) is 11.5 Å². The molecule has 8 heteroatoms. The molecule has 0 saturated heterocycles. The number of ether oxygens (including phenoxy) is 2. The zero-order chi connectivity index (χ0) is 16.2. The number of rotatable bonds is 4. The molecule has 1 amide bonds. The van der Waals surface area contributed by atoms with Crippen molar-refractivity contribution in [1.82, 2.24) is 5.43 Å². The maximum Gasteiger partial charge on any atom is 0.271 e. The summed E-state index contributed by atoms with van der Waals surface area (Å²) in [5.41, 5.74) is 3.28. The van der Waals surface area contributed by atoms with E-state index in [1.807, 2.05) is 0 Å². The lowest BCUT2D eigenvalue weighted by atomic mass is 10.2.